The van der Waals surface area contributed by atoms with E-state index in [2.05, 4.69) is 9.97 Å². The molecule has 3 rings (SSSR count). The molecule has 0 spiro atoms. The maximum Gasteiger partial charge on any atom is 0.253 e. The van der Waals surface area contributed by atoms with E-state index in [4.69, 9.17) is 5.73 Å². The summed E-state index contributed by atoms with van der Waals surface area (Å²) in [5.41, 5.74) is 10.4. The van der Waals surface area contributed by atoms with Gasteiger partial charge in [-0.2, -0.15) is 4.39 Å². The van der Waals surface area contributed by atoms with Crippen LogP contribution in [0, 0.1) is 19.8 Å². The molecule has 5 heteroatoms. The lowest BCUT2D eigenvalue weighted by Crippen LogP contribution is -2.17. The van der Waals surface area contributed by atoms with E-state index in [1.807, 2.05) is 39.0 Å². The van der Waals surface area contributed by atoms with Crippen molar-refractivity contribution in [3.05, 3.63) is 52.7 Å². The number of pyridine rings is 1. The second-order valence-electron chi connectivity index (χ2n) is 5.66. The van der Waals surface area contributed by atoms with Crippen molar-refractivity contribution in [1.82, 2.24) is 9.97 Å². The number of aromatic nitrogens is 2. The van der Waals surface area contributed by atoms with Crippen LogP contribution in [-0.2, 0) is 6.42 Å². The number of hydrogen-bond donors (Lipinski definition) is 2. The topological polar surface area (TPSA) is 71.8 Å². The van der Waals surface area contributed by atoms with Crippen LogP contribution in [-0.4, -0.2) is 15.9 Å². The van der Waals surface area contributed by atoms with Crippen molar-refractivity contribution in [2.75, 3.05) is 0 Å². The van der Waals surface area contributed by atoms with Gasteiger partial charge in [-0.25, -0.2) is 4.98 Å². The highest BCUT2D eigenvalue weighted by atomic mass is 19.1. The average molecular weight is 311 g/mol. The number of H-pyrrole nitrogens is 1. The molecule has 0 unspecified atom stereocenters. The Kier molecular flexibility index (Phi) is 3.64. The van der Waals surface area contributed by atoms with E-state index >= 15 is 0 Å². The molecule has 1 aromatic carbocycles. The quantitative estimate of drug-likeness (QED) is 0.725. The van der Waals surface area contributed by atoms with Crippen LogP contribution in [0.2, 0.25) is 0 Å². The Morgan fingerprint density at radius 2 is 2.04 bits per heavy atom. The number of fused-ring (bicyclic) bond motifs is 1. The number of carbonyl (C=O) groups is 1. The summed E-state index contributed by atoms with van der Waals surface area (Å²) < 4.78 is 14.2. The van der Waals surface area contributed by atoms with E-state index in [1.165, 1.54) is 6.20 Å². The molecule has 23 heavy (non-hydrogen) atoms. The van der Waals surface area contributed by atoms with E-state index in [0.717, 1.165) is 33.3 Å². The number of aromatic amines is 1. The van der Waals surface area contributed by atoms with Gasteiger partial charge >= 0.3 is 0 Å². The molecule has 3 N–H and O–H groups in total. The van der Waals surface area contributed by atoms with Crippen LogP contribution >= 0.6 is 0 Å². The van der Waals surface area contributed by atoms with Crippen molar-refractivity contribution in [2.24, 2.45) is 5.73 Å². The number of aryl methyl sites for hydroxylation is 3. The Hall–Kier alpha value is -2.69. The Balaban J connectivity index is 2.51. The zero-order valence-electron chi connectivity index (χ0n) is 13.3. The van der Waals surface area contributed by atoms with Crippen LogP contribution in [0.5, 0.6) is 0 Å². The Morgan fingerprint density at radius 3 is 2.70 bits per heavy atom. The first kappa shape index (κ1) is 15.2. The van der Waals surface area contributed by atoms with E-state index in [0.29, 0.717) is 12.0 Å². The van der Waals surface area contributed by atoms with Gasteiger partial charge in [-0.3, -0.25) is 4.79 Å². The number of halogens is 1. The Morgan fingerprint density at radius 1 is 1.30 bits per heavy atom. The van der Waals surface area contributed by atoms with Crippen LogP contribution < -0.4 is 5.73 Å². The first-order valence-corrected chi connectivity index (χ1v) is 7.51. The minimum absolute atomic E-state index is 0.142. The van der Waals surface area contributed by atoms with Crippen LogP contribution in [0.4, 0.5) is 4.39 Å². The lowest BCUT2D eigenvalue weighted by molar-refractivity contribution is 0.0996. The molecule has 0 atom stereocenters. The molecule has 0 saturated carbocycles. The van der Waals surface area contributed by atoms with E-state index < -0.39 is 11.9 Å². The fourth-order valence-electron chi connectivity index (χ4n) is 3.17. The van der Waals surface area contributed by atoms with Gasteiger partial charge in [0.15, 0.2) is 0 Å². The third-order valence-electron chi connectivity index (χ3n) is 4.21. The van der Waals surface area contributed by atoms with E-state index in [-0.39, 0.29) is 5.56 Å². The van der Waals surface area contributed by atoms with Crippen molar-refractivity contribution in [3.8, 4) is 11.1 Å². The zero-order valence-corrected chi connectivity index (χ0v) is 13.3. The van der Waals surface area contributed by atoms with Crippen LogP contribution in [0.25, 0.3) is 22.0 Å². The van der Waals surface area contributed by atoms with Crippen molar-refractivity contribution < 1.29 is 9.18 Å². The molecule has 2 heterocycles. The molecule has 1 amide bonds. The van der Waals surface area contributed by atoms with Crippen LogP contribution in [0.15, 0.2) is 24.4 Å². The predicted octanol–water partition coefficient (Wildman–Crippen LogP) is 3.65. The van der Waals surface area contributed by atoms with E-state index in [1.54, 1.807) is 0 Å². The first-order chi connectivity index (χ1) is 11.0. The molecule has 0 aliphatic heterocycles. The number of nitrogens with two attached hydrogens (primary N) is 1. The van der Waals surface area contributed by atoms with Gasteiger partial charge in [0.25, 0.3) is 5.91 Å². The highest BCUT2D eigenvalue weighted by Crippen LogP contribution is 2.38. The summed E-state index contributed by atoms with van der Waals surface area (Å²) in [7, 11) is 0. The smallest absolute Gasteiger partial charge is 0.253 e. The summed E-state index contributed by atoms with van der Waals surface area (Å²) in [6, 6.07) is 5.92. The van der Waals surface area contributed by atoms with E-state index in [9.17, 15) is 9.18 Å². The molecular weight excluding hydrogens is 293 g/mol. The molecule has 3 aromatic rings. The van der Waals surface area contributed by atoms with Gasteiger partial charge in [0.05, 0.1) is 0 Å². The first-order valence-electron chi connectivity index (χ1n) is 7.51. The van der Waals surface area contributed by atoms with Crippen molar-refractivity contribution in [2.45, 2.75) is 27.2 Å². The molecule has 2 aromatic heterocycles. The van der Waals surface area contributed by atoms with Gasteiger partial charge in [0.1, 0.15) is 5.56 Å². The summed E-state index contributed by atoms with van der Waals surface area (Å²) in [6.45, 7) is 5.85. The molecular formula is C18H18FN3O. The average Bonchev–Trinajstić information content (AvgIpc) is 2.83. The van der Waals surface area contributed by atoms with Gasteiger partial charge in [0.2, 0.25) is 5.95 Å². The number of amides is 1. The maximum atomic E-state index is 14.2. The third-order valence-corrected chi connectivity index (χ3v) is 4.21. The number of rotatable bonds is 3. The van der Waals surface area contributed by atoms with Gasteiger partial charge in [-0.05, 0) is 37.5 Å². The van der Waals surface area contributed by atoms with Gasteiger partial charge in [0, 0.05) is 33.9 Å². The van der Waals surface area contributed by atoms with Gasteiger partial charge in [-0.1, -0.05) is 19.1 Å². The van der Waals surface area contributed by atoms with Crippen LogP contribution in [0.3, 0.4) is 0 Å². The Labute approximate surface area is 133 Å². The molecule has 0 saturated heterocycles. The number of carbonyl (C=O) groups excluding carboxylic acids is 1. The number of benzene rings is 1. The minimum Gasteiger partial charge on any atom is -0.365 e. The standard InChI is InChI=1S/C18H18FN3O/c1-4-11-8-21-17(19)16(18(20)23)15(11)14-10(3)22-12-7-5-6-9(2)13(12)14/h5-8,22H,4H2,1-3H3,(H2,20,23). The lowest BCUT2D eigenvalue weighted by Gasteiger charge is -2.13. The van der Waals surface area contributed by atoms with Crippen molar-refractivity contribution in [3.63, 3.8) is 0 Å². The molecule has 0 fully saturated rings. The second kappa shape index (κ2) is 5.50. The number of hydrogen-bond acceptors (Lipinski definition) is 2. The summed E-state index contributed by atoms with van der Waals surface area (Å²) in [4.78, 5) is 18.9. The monoisotopic (exact) mass is 311 g/mol. The summed E-state index contributed by atoms with van der Waals surface area (Å²) in [5, 5.41) is 0.979. The number of nitrogens with zero attached hydrogens (tertiary/aromatic N) is 1. The highest BCUT2D eigenvalue weighted by Gasteiger charge is 2.24. The summed E-state index contributed by atoms with van der Waals surface area (Å²) in [5.74, 6) is -1.63. The van der Waals surface area contributed by atoms with Gasteiger partial charge < -0.3 is 10.7 Å². The number of primary amides is 1. The molecule has 0 aliphatic rings. The molecule has 118 valence electrons. The maximum absolute atomic E-state index is 14.2. The molecule has 0 aliphatic carbocycles. The summed E-state index contributed by atoms with van der Waals surface area (Å²) in [6.07, 6.45) is 2.11. The predicted molar refractivity (Wildman–Crippen MR) is 88.9 cm³/mol. The number of nitrogens with one attached hydrogen (secondary N) is 1. The second-order valence-corrected chi connectivity index (χ2v) is 5.66. The fraction of sp³-hybridized carbons (Fsp3) is 0.222. The zero-order chi connectivity index (χ0) is 16.7. The van der Waals surface area contributed by atoms with Crippen molar-refractivity contribution in [1.29, 1.82) is 0 Å². The highest BCUT2D eigenvalue weighted by molar-refractivity contribution is 6.07. The largest absolute Gasteiger partial charge is 0.365 e. The molecule has 0 radical (unpaired) electrons. The van der Waals surface area contributed by atoms with Crippen LogP contribution in [0.1, 0.15) is 34.1 Å². The molecule has 0 bridgehead atoms. The lowest BCUT2D eigenvalue weighted by atomic mass is 9.91. The fourth-order valence-corrected chi connectivity index (χ4v) is 3.17. The minimum atomic E-state index is -0.827. The van der Waals surface area contributed by atoms with Gasteiger partial charge in [-0.15, -0.1) is 0 Å². The summed E-state index contributed by atoms with van der Waals surface area (Å²) >= 11 is 0. The Bertz CT molecular complexity index is 928. The third kappa shape index (κ3) is 2.29. The SMILES string of the molecule is CCc1cnc(F)c(C(N)=O)c1-c1c(C)[nH]c2cccc(C)c12. The molecule has 4 nitrogen and oxygen atoms in total. The normalized spacial score (nSPS) is 11.1. The van der Waals surface area contributed by atoms with Crippen molar-refractivity contribution >= 4 is 16.8 Å².